The zero-order valence-electron chi connectivity index (χ0n) is 6.50. The van der Waals surface area contributed by atoms with Crippen LogP contribution in [0.4, 0.5) is 0 Å². The molecule has 0 aromatic rings. The van der Waals surface area contributed by atoms with Crippen LogP contribution >= 0.6 is 0 Å². The summed E-state index contributed by atoms with van der Waals surface area (Å²) in [5.41, 5.74) is 5.35. The van der Waals surface area contributed by atoms with Crippen LogP contribution in [-0.4, -0.2) is 18.7 Å². The molecule has 3 nitrogen and oxygen atoms in total. The van der Waals surface area contributed by atoms with Crippen LogP contribution in [0.3, 0.4) is 0 Å². The summed E-state index contributed by atoms with van der Waals surface area (Å²) in [5, 5.41) is 0. The van der Waals surface area contributed by atoms with Crippen molar-refractivity contribution in [1.82, 2.24) is 0 Å². The van der Waals surface area contributed by atoms with E-state index < -0.39 is 0 Å². The van der Waals surface area contributed by atoms with Crippen LogP contribution < -0.4 is 5.73 Å². The predicted molar refractivity (Wildman–Crippen MR) is 40.8 cm³/mol. The third-order valence-corrected chi connectivity index (χ3v) is 2.00. The summed E-state index contributed by atoms with van der Waals surface area (Å²) >= 11 is 0. The third-order valence-electron chi connectivity index (χ3n) is 2.00. The Kier molecular flexibility index (Phi) is 2.14. The summed E-state index contributed by atoms with van der Waals surface area (Å²) in [7, 11) is 0. The van der Waals surface area contributed by atoms with Crippen LogP contribution in [0.5, 0.6) is 0 Å². The monoisotopic (exact) mass is 142 g/mol. The first-order valence-electron chi connectivity index (χ1n) is 3.70. The lowest BCUT2D eigenvalue weighted by molar-refractivity contribution is 0.279. The molecule has 0 fully saturated rings. The van der Waals surface area contributed by atoms with Crippen molar-refractivity contribution in [2.75, 3.05) is 6.61 Å². The topological polar surface area (TPSA) is 47.6 Å². The molecule has 0 radical (unpaired) electrons. The van der Waals surface area contributed by atoms with E-state index in [9.17, 15) is 0 Å². The van der Waals surface area contributed by atoms with Crippen molar-refractivity contribution in [2.24, 2.45) is 16.6 Å². The highest BCUT2D eigenvalue weighted by atomic mass is 16.5. The van der Waals surface area contributed by atoms with Crippen molar-refractivity contribution in [1.29, 1.82) is 0 Å². The second-order valence-corrected chi connectivity index (χ2v) is 2.73. The smallest absolute Gasteiger partial charge is 0.282 e. The van der Waals surface area contributed by atoms with Gasteiger partial charge in [0.2, 0.25) is 0 Å². The number of aliphatic imine (C=N–C) groups is 1. The molecular weight excluding hydrogens is 128 g/mol. The van der Waals surface area contributed by atoms with Gasteiger partial charge in [-0.2, -0.15) is 0 Å². The molecule has 10 heavy (non-hydrogen) atoms. The van der Waals surface area contributed by atoms with E-state index in [1.807, 2.05) is 0 Å². The van der Waals surface area contributed by atoms with Crippen molar-refractivity contribution < 1.29 is 4.74 Å². The van der Waals surface area contributed by atoms with Crippen LogP contribution in [0.25, 0.3) is 0 Å². The first kappa shape index (κ1) is 7.38. The van der Waals surface area contributed by atoms with Crippen molar-refractivity contribution in [3.63, 3.8) is 0 Å². The fraction of sp³-hybridized carbons (Fsp3) is 0.857. The fourth-order valence-electron chi connectivity index (χ4n) is 0.972. The molecule has 1 heterocycles. The van der Waals surface area contributed by atoms with Crippen LogP contribution in [0.15, 0.2) is 4.99 Å². The molecule has 0 aromatic carbocycles. The SMILES string of the molecule is CC[C@@H](C)[C@@H]1COC(N)=N1. The number of nitrogens with two attached hydrogens (primary N) is 1. The van der Waals surface area contributed by atoms with E-state index in [4.69, 9.17) is 10.5 Å². The van der Waals surface area contributed by atoms with Gasteiger partial charge in [-0.1, -0.05) is 20.3 Å². The molecule has 0 bridgehead atoms. The number of ether oxygens (including phenoxy) is 1. The van der Waals surface area contributed by atoms with Gasteiger partial charge in [-0.3, -0.25) is 0 Å². The molecule has 0 unspecified atom stereocenters. The van der Waals surface area contributed by atoms with E-state index in [1.165, 1.54) is 0 Å². The summed E-state index contributed by atoms with van der Waals surface area (Å²) in [6.07, 6.45) is 1.13. The number of hydrogen-bond donors (Lipinski definition) is 1. The lowest BCUT2D eigenvalue weighted by atomic mass is 10.0. The summed E-state index contributed by atoms with van der Waals surface area (Å²) < 4.78 is 5.02. The Bertz CT molecular complexity index is 145. The minimum atomic E-state index is 0.296. The standard InChI is InChI=1S/C7H14N2O/c1-3-5(2)6-4-10-7(8)9-6/h5-6H,3-4H2,1-2H3,(H2,8,9)/t5-,6+/m1/s1. The van der Waals surface area contributed by atoms with Crippen LogP contribution in [-0.2, 0) is 4.74 Å². The average Bonchev–Trinajstić information content (AvgIpc) is 2.34. The highest BCUT2D eigenvalue weighted by molar-refractivity contribution is 5.73. The first-order chi connectivity index (χ1) is 4.74. The van der Waals surface area contributed by atoms with Gasteiger partial charge in [0.15, 0.2) is 0 Å². The van der Waals surface area contributed by atoms with Gasteiger partial charge in [0, 0.05) is 0 Å². The Hall–Kier alpha value is -0.730. The lowest BCUT2D eigenvalue weighted by Crippen LogP contribution is -2.16. The van der Waals surface area contributed by atoms with Crippen molar-refractivity contribution in [3.8, 4) is 0 Å². The number of nitrogens with zero attached hydrogens (tertiary/aromatic N) is 1. The van der Waals surface area contributed by atoms with E-state index in [0.29, 0.717) is 24.6 Å². The van der Waals surface area contributed by atoms with E-state index in [0.717, 1.165) is 6.42 Å². The van der Waals surface area contributed by atoms with E-state index in [1.54, 1.807) is 0 Å². The Morgan fingerprint density at radius 1 is 1.90 bits per heavy atom. The molecule has 1 aliphatic rings. The zero-order chi connectivity index (χ0) is 7.56. The molecule has 1 rings (SSSR count). The highest BCUT2D eigenvalue weighted by Gasteiger charge is 2.21. The summed E-state index contributed by atoms with van der Waals surface area (Å²) in [6.45, 7) is 4.98. The van der Waals surface area contributed by atoms with Crippen LogP contribution in [0, 0.1) is 5.92 Å². The van der Waals surface area contributed by atoms with E-state index in [-0.39, 0.29) is 0 Å². The lowest BCUT2D eigenvalue weighted by Gasteiger charge is -2.10. The van der Waals surface area contributed by atoms with Gasteiger partial charge in [0.1, 0.15) is 6.61 Å². The first-order valence-corrected chi connectivity index (χ1v) is 3.70. The van der Waals surface area contributed by atoms with Crippen molar-refractivity contribution >= 4 is 6.02 Å². The molecule has 58 valence electrons. The Morgan fingerprint density at radius 2 is 2.60 bits per heavy atom. The average molecular weight is 142 g/mol. The van der Waals surface area contributed by atoms with E-state index in [2.05, 4.69) is 18.8 Å². The van der Waals surface area contributed by atoms with Crippen LogP contribution in [0.1, 0.15) is 20.3 Å². The van der Waals surface area contributed by atoms with Gasteiger partial charge in [0.25, 0.3) is 6.02 Å². The van der Waals surface area contributed by atoms with Gasteiger partial charge in [0.05, 0.1) is 6.04 Å². The second-order valence-electron chi connectivity index (χ2n) is 2.73. The molecule has 0 amide bonds. The minimum Gasteiger partial charge on any atom is -0.463 e. The molecule has 3 heteroatoms. The van der Waals surface area contributed by atoms with Gasteiger partial charge >= 0.3 is 0 Å². The number of hydrogen-bond acceptors (Lipinski definition) is 3. The maximum atomic E-state index is 5.35. The van der Waals surface area contributed by atoms with Crippen LogP contribution in [0.2, 0.25) is 0 Å². The Labute approximate surface area is 61.3 Å². The van der Waals surface area contributed by atoms with Crippen molar-refractivity contribution in [2.45, 2.75) is 26.3 Å². The molecule has 0 aromatic heterocycles. The summed E-state index contributed by atoms with van der Waals surface area (Å²) in [5.74, 6) is 0.584. The maximum Gasteiger partial charge on any atom is 0.282 e. The van der Waals surface area contributed by atoms with Gasteiger partial charge < -0.3 is 10.5 Å². The molecule has 0 spiro atoms. The van der Waals surface area contributed by atoms with Gasteiger partial charge in [-0.05, 0) is 5.92 Å². The molecular formula is C7H14N2O. The van der Waals surface area contributed by atoms with Gasteiger partial charge in [-0.25, -0.2) is 4.99 Å². The summed E-state index contributed by atoms with van der Waals surface area (Å²) in [4.78, 5) is 4.13. The molecule has 2 N–H and O–H groups in total. The molecule has 2 atom stereocenters. The Morgan fingerprint density at radius 3 is 3.00 bits per heavy atom. The van der Waals surface area contributed by atoms with Gasteiger partial charge in [-0.15, -0.1) is 0 Å². The zero-order valence-corrected chi connectivity index (χ0v) is 6.50. The highest BCUT2D eigenvalue weighted by Crippen LogP contribution is 2.15. The normalized spacial score (nSPS) is 27.4. The molecule has 0 saturated carbocycles. The molecule has 1 aliphatic heterocycles. The largest absolute Gasteiger partial charge is 0.463 e. The number of amidine groups is 1. The maximum absolute atomic E-state index is 5.35. The predicted octanol–water partition coefficient (Wildman–Crippen LogP) is 0.746. The Balaban J connectivity index is 2.44. The van der Waals surface area contributed by atoms with Crippen molar-refractivity contribution in [3.05, 3.63) is 0 Å². The second kappa shape index (κ2) is 2.90. The molecule has 0 aliphatic carbocycles. The fourth-order valence-corrected chi connectivity index (χ4v) is 0.972. The summed E-state index contributed by atoms with van der Waals surface area (Å²) in [6, 6.07) is 0.648. The molecule has 0 saturated heterocycles. The third kappa shape index (κ3) is 1.40. The minimum absolute atomic E-state index is 0.296. The van der Waals surface area contributed by atoms with E-state index >= 15 is 0 Å². The quantitative estimate of drug-likeness (QED) is 0.618. The number of rotatable bonds is 2.